The lowest BCUT2D eigenvalue weighted by Crippen LogP contribution is -1.99. The van der Waals surface area contributed by atoms with E-state index in [1.54, 1.807) is 0 Å². The summed E-state index contributed by atoms with van der Waals surface area (Å²) >= 11 is 6.13. The van der Waals surface area contributed by atoms with E-state index in [-0.39, 0.29) is 0 Å². The molecular formula is C4H7Br2O. The molecule has 1 nitrogen and oxygen atoms in total. The van der Waals surface area contributed by atoms with Gasteiger partial charge in [0.1, 0.15) is 5.01 Å². The zero-order chi connectivity index (χ0) is 5.86. The fourth-order valence-electron chi connectivity index (χ4n) is 0.255. The van der Waals surface area contributed by atoms with Crippen molar-refractivity contribution in [3.63, 3.8) is 0 Å². The molecule has 0 bridgehead atoms. The van der Waals surface area contributed by atoms with Crippen molar-refractivity contribution in [2.45, 2.75) is 23.2 Å². The second-order valence-corrected chi connectivity index (χ2v) is 4.01. The Labute approximate surface area is 60.4 Å². The molecule has 0 rings (SSSR count). The second kappa shape index (κ2) is 3.87. The molecule has 1 radical (unpaired) electrons. The fourth-order valence-corrected chi connectivity index (χ4v) is 1.66. The van der Waals surface area contributed by atoms with Gasteiger partial charge in [0.25, 0.3) is 0 Å². The highest BCUT2D eigenvalue weighted by atomic mass is 79.9. The monoisotopic (exact) mass is 229 g/mol. The Bertz CT molecular complexity index is 39.0. The lowest BCUT2D eigenvalue weighted by molar-refractivity contribution is 0.164. The topological polar surface area (TPSA) is 19.9 Å². The van der Waals surface area contributed by atoms with Crippen LogP contribution in [-0.2, 0) is 5.11 Å². The second-order valence-electron chi connectivity index (χ2n) is 1.43. The molecule has 0 aliphatic rings. The standard InChI is InChI=1S/C4H7Br2O/c1-3(5)2-4(6)7/h3-4H,2H2,1H3. The molecule has 0 saturated heterocycles. The molecule has 0 aromatic rings. The van der Waals surface area contributed by atoms with Crippen LogP contribution in [0.5, 0.6) is 0 Å². The number of rotatable bonds is 2. The van der Waals surface area contributed by atoms with Crippen LogP contribution in [0.25, 0.3) is 0 Å². The number of hydrogen-bond donors (Lipinski definition) is 0. The van der Waals surface area contributed by atoms with E-state index in [0.717, 1.165) is 0 Å². The van der Waals surface area contributed by atoms with Crippen molar-refractivity contribution >= 4 is 31.9 Å². The van der Waals surface area contributed by atoms with Crippen molar-refractivity contribution in [2.24, 2.45) is 0 Å². The largest absolute Gasteiger partial charge is 0.221 e. The first-order valence-electron chi connectivity index (χ1n) is 2.07. The van der Waals surface area contributed by atoms with E-state index >= 15 is 0 Å². The van der Waals surface area contributed by atoms with Crippen LogP contribution in [0.4, 0.5) is 0 Å². The Morgan fingerprint density at radius 1 is 1.57 bits per heavy atom. The average molecular weight is 231 g/mol. The van der Waals surface area contributed by atoms with Crippen molar-refractivity contribution in [3.05, 3.63) is 0 Å². The minimum absolute atomic E-state index is 0.328. The Morgan fingerprint density at radius 2 is 2.00 bits per heavy atom. The third kappa shape index (κ3) is 6.92. The maximum absolute atomic E-state index is 10.2. The van der Waals surface area contributed by atoms with Crippen molar-refractivity contribution in [2.75, 3.05) is 0 Å². The molecule has 0 spiro atoms. The minimum Gasteiger partial charge on any atom is -0.221 e. The molecule has 2 atom stereocenters. The van der Waals surface area contributed by atoms with Crippen LogP contribution in [0.2, 0.25) is 0 Å². The third-order valence-electron chi connectivity index (χ3n) is 0.510. The van der Waals surface area contributed by atoms with Gasteiger partial charge in [0.15, 0.2) is 0 Å². The van der Waals surface area contributed by atoms with Gasteiger partial charge in [-0.3, -0.25) is 0 Å². The highest BCUT2D eigenvalue weighted by Crippen LogP contribution is 2.10. The Kier molecular flexibility index (Phi) is 4.37. The molecule has 3 heteroatoms. The van der Waals surface area contributed by atoms with Gasteiger partial charge in [-0.1, -0.05) is 38.8 Å². The molecule has 0 N–H and O–H groups in total. The van der Waals surface area contributed by atoms with Crippen LogP contribution in [-0.4, -0.2) is 9.84 Å². The number of hydrogen-bond acceptors (Lipinski definition) is 0. The van der Waals surface area contributed by atoms with E-state index in [2.05, 4.69) is 31.9 Å². The lowest BCUT2D eigenvalue weighted by atomic mass is 10.4. The van der Waals surface area contributed by atoms with Gasteiger partial charge in [0.05, 0.1) is 0 Å². The van der Waals surface area contributed by atoms with Gasteiger partial charge >= 0.3 is 0 Å². The van der Waals surface area contributed by atoms with Crippen molar-refractivity contribution in [1.82, 2.24) is 0 Å². The molecule has 0 aromatic heterocycles. The van der Waals surface area contributed by atoms with Gasteiger partial charge < -0.3 is 0 Å². The van der Waals surface area contributed by atoms with E-state index in [4.69, 9.17) is 0 Å². The van der Waals surface area contributed by atoms with Gasteiger partial charge in [-0.2, -0.15) is 0 Å². The van der Waals surface area contributed by atoms with Gasteiger partial charge in [-0.05, 0) is 6.42 Å². The molecule has 0 aliphatic heterocycles. The van der Waals surface area contributed by atoms with Crippen LogP contribution in [0.1, 0.15) is 13.3 Å². The maximum atomic E-state index is 10.2. The quantitative estimate of drug-likeness (QED) is 0.649. The minimum atomic E-state index is -0.609. The van der Waals surface area contributed by atoms with E-state index in [9.17, 15) is 5.11 Å². The molecule has 0 heterocycles. The highest BCUT2D eigenvalue weighted by Gasteiger charge is 2.02. The summed E-state index contributed by atoms with van der Waals surface area (Å²) in [6, 6.07) is 0. The molecule has 43 valence electrons. The molecular weight excluding hydrogens is 224 g/mol. The fraction of sp³-hybridized carbons (Fsp3) is 1.00. The van der Waals surface area contributed by atoms with Gasteiger partial charge in [0.2, 0.25) is 0 Å². The molecule has 2 unspecified atom stereocenters. The average Bonchev–Trinajstić information content (AvgIpc) is 1.27. The molecule has 0 aromatic carbocycles. The Balaban J connectivity index is 2.95. The highest BCUT2D eigenvalue weighted by molar-refractivity contribution is 9.10. The van der Waals surface area contributed by atoms with E-state index in [1.165, 1.54) is 0 Å². The van der Waals surface area contributed by atoms with Gasteiger partial charge in [0, 0.05) is 4.83 Å². The first-order chi connectivity index (χ1) is 3.13. The normalized spacial score (nSPS) is 18.9. The lowest BCUT2D eigenvalue weighted by Gasteiger charge is -1.99. The summed E-state index contributed by atoms with van der Waals surface area (Å²) in [6.45, 7) is 1.95. The molecule has 7 heavy (non-hydrogen) atoms. The van der Waals surface area contributed by atoms with E-state index in [1.807, 2.05) is 6.92 Å². The zero-order valence-corrected chi connectivity index (χ0v) is 7.20. The summed E-state index contributed by atoms with van der Waals surface area (Å²) in [7, 11) is 0. The summed E-state index contributed by atoms with van der Waals surface area (Å²) in [5, 5.41) is 9.61. The SMILES string of the molecule is CC(Br)CC([O])Br. The summed E-state index contributed by atoms with van der Waals surface area (Å²) in [5.74, 6) is 0. The first kappa shape index (κ1) is 7.92. The molecule has 0 saturated carbocycles. The van der Waals surface area contributed by atoms with Crippen LogP contribution in [0.15, 0.2) is 0 Å². The Hall–Kier alpha value is 0.920. The summed E-state index contributed by atoms with van der Waals surface area (Å²) < 4.78 is 0. The van der Waals surface area contributed by atoms with E-state index < -0.39 is 5.01 Å². The predicted octanol–water partition coefficient (Wildman–Crippen LogP) is 2.31. The maximum Gasteiger partial charge on any atom is 0.148 e. The summed E-state index contributed by atoms with van der Waals surface area (Å²) in [5.41, 5.74) is 0. The van der Waals surface area contributed by atoms with Gasteiger partial charge in [-0.25, -0.2) is 5.11 Å². The third-order valence-corrected chi connectivity index (χ3v) is 1.26. The Morgan fingerprint density at radius 3 is 2.00 bits per heavy atom. The van der Waals surface area contributed by atoms with Crippen LogP contribution in [0.3, 0.4) is 0 Å². The molecule has 0 fully saturated rings. The van der Waals surface area contributed by atoms with Crippen molar-refractivity contribution in [3.8, 4) is 0 Å². The van der Waals surface area contributed by atoms with Crippen molar-refractivity contribution in [1.29, 1.82) is 0 Å². The van der Waals surface area contributed by atoms with Crippen molar-refractivity contribution < 1.29 is 5.11 Å². The molecule has 0 aliphatic carbocycles. The van der Waals surface area contributed by atoms with Crippen LogP contribution < -0.4 is 0 Å². The smallest absolute Gasteiger partial charge is 0.148 e. The summed E-state index contributed by atoms with van der Waals surface area (Å²) in [6.07, 6.45) is 0.639. The molecule has 0 amide bonds. The van der Waals surface area contributed by atoms with E-state index in [0.29, 0.717) is 11.2 Å². The van der Waals surface area contributed by atoms with Crippen LogP contribution >= 0.6 is 31.9 Å². The van der Waals surface area contributed by atoms with Gasteiger partial charge in [-0.15, -0.1) is 0 Å². The first-order valence-corrected chi connectivity index (χ1v) is 3.90. The number of alkyl halides is 2. The zero-order valence-electron chi connectivity index (χ0n) is 4.03. The number of halogens is 2. The predicted molar refractivity (Wildman–Crippen MR) is 36.4 cm³/mol. The summed E-state index contributed by atoms with van der Waals surface area (Å²) in [4.78, 5) is 0.328. The van der Waals surface area contributed by atoms with Crippen LogP contribution in [0, 0.1) is 0 Å².